The fourth-order valence-corrected chi connectivity index (χ4v) is 1.64. The molecule has 0 saturated carbocycles. The third-order valence-electron chi connectivity index (χ3n) is 2.70. The van der Waals surface area contributed by atoms with Gasteiger partial charge < -0.3 is 19.5 Å². The topological polar surface area (TPSA) is 52.6 Å². The molecule has 6 heteroatoms. The van der Waals surface area contributed by atoms with Crippen LogP contribution < -0.4 is 10.1 Å². The van der Waals surface area contributed by atoms with Crippen LogP contribution in [-0.2, 0) is 16.0 Å². The van der Waals surface area contributed by atoms with Crippen molar-refractivity contribution in [2.24, 2.45) is 0 Å². The first-order valence-electron chi connectivity index (χ1n) is 7.20. The number of hydrogen-bond donors (Lipinski definition) is 1. The minimum atomic E-state index is -0.362. The van der Waals surface area contributed by atoms with Crippen LogP contribution >= 0.6 is 0 Å². The van der Waals surface area contributed by atoms with Crippen LogP contribution in [0.5, 0.6) is 5.88 Å². The van der Waals surface area contributed by atoms with Crippen LogP contribution in [0, 0.1) is 5.82 Å². The van der Waals surface area contributed by atoms with Crippen molar-refractivity contribution in [3.8, 4) is 5.88 Å². The highest BCUT2D eigenvalue weighted by molar-refractivity contribution is 5.26. The molecule has 1 N–H and O–H groups in total. The van der Waals surface area contributed by atoms with E-state index in [2.05, 4.69) is 10.3 Å². The average Bonchev–Trinajstić information content (AvgIpc) is 2.45. The van der Waals surface area contributed by atoms with E-state index in [0.717, 1.165) is 12.6 Å². The minimum Gasteiger partial charge on any atom is -0.475 e. The van der Waals surface area contributed by atoms with Gasteiger partial charge in [-0.3, -0.25) is 0 Å². The van der Waals surface area contributed by atoms with Gasteiger partial charge in [-0.15, -0.1) is 0 Å². The van der Waals surface area contributed by atoms with Gasteiger partial charge in [-0.1, -0.05) is 13.8 Å². The summed E-state index contributed by atoms with van der Waals surface area (Å²) in [7, 11) is 1.66. The molecule has 0 aromatic carbocycles. The van der Waals surface area contributed by atoms with Gasteiger partial charge in [-0.05, 0) is 12.5 Å². The number of ether oxygens (including phenoxy) is 3. The fourth-order valence-electron chi connectivity index (χ4n) is 1.64. The van der Waals surface area contributed by atoms with Gasteiger partial charge >= 0.3 is 0 Å². The Morgan fingerprint density at radius 2 is 2.05 bits per heavy atom. The van der Waals surface area contributed by atoms with Crippen LogP contribution in [0.25, 0.3) is 0 Å². The summed E-state index contributed by atoms with van der Waals surface area (Å²) in [5.41, 5.74) is 0.711. The predicted molar refractivity (Wildman–Crippen MR) is 79.0 cm³/mol. The van der Waals surface area contributed by atoms with Gasteiger partial charge in [0, 0.05) is 38.5 Å². The van der Waals surface area contributed by atoms with Crippen molar-refractivity contribution < 1.29 is 18.6 Å². The second-order valence-electron chi connectivity index (χ2n) is 4.96. The Morgan fingerprint density at radius 3 is 2.76 bits per heavy atom. The Hall–Kier alpha value is -1.24. The van der Waals surface area contributed by atoms with E-state index in [1.54, 1.807) is 7.11 Å². The first-order chi connectivity index (χ1) is 10.1. The van der Waals surface area contributed by atoms with E-state index in [-0.39, 0.29) is 5.82 Å². The molecule has 1 aromatic heterocycles. The van der Waals surface area contributed by atoms with Crippen molar-refractivity contribution in [2.75, 3.05) is 33.5 Å². The van der Waals surface area contributed by atoms with Gasteiger partial charge in [0.25, 0.3) is 0 Å². The van der Waals surface area contributed by atoms with Crippen LogP contribution in [0.4, 0.5) is 4.39 Å². The second-order valence-corrected chi connectivity index (χ2v) is 4.96. The molecule has 0 saturated heterocycles. The average molecular weight is 300 g/mol. The molecule has 0 aliphatic carbocycles. The molecule has 0 aliphatic heterocycles. The molecule has 0 unspecified atom stereocenters. The van der Waals surface area contributed by atoms with E-state index in [1.165, 1.54) is 6.07 Å². The molecule has 1 heterocycles. The summed E-state index contributed by atoms with van der Waals surface area (Å²) in [5.74, 6) is 0.0868. The van der Waals surface area contributed by atoms with Crippen LogP contribution in [0.1, 0.15) is 25.8 Å². The number of pyridine rings is 1. The molecule has 120 valence electrons. The van der Waals surface area contributed by atoms with Gasteiger partial charge in [0.1, 0.15) is 12.4 Å². The van der Waals surface area contributed by atoms with Gasteiger partial charge in [-0.25, -0.2) is 9.37 Å². The number of halogens is 1. The van der Waals surface area contributed by atoms with E-state index in [1.807, 2.05) is 13.8 Å². The molecular formula is C15H25FN2O3. The molecule has 0 amide bonds. The quantitative estimate of drug-likeness (QED) is 0.635. The Bertz CT molecular complexity index is 403. The summed E-state index contributed by atoms with van der Waals surface area (Å²) in [4.78, 5) is 3.99. The SMILES string of the molecule is COCCCOCCOc1ncc(F)cc1CNC(C)C. The second kappa shape index (κ2) is 10.5. The number of nitrogens with zero attached hydrogens (tertiary/aromatic N) is 1. The molecule has 0 atom stereocenters. The molecule has 1 rings (SSSR count). The van der Waals surface area contributed by atoms with Crippen molar-refractivity contribution >= 4 is 0 Å². The van der Waals surface area contributed by atoms with E-state index in [4.69, 9.17) is 14.2 Å². The number of aromatic nitrogens is 1. The highest BCUT2D eigenvalue weighted by Crippen LogP contribution is 2.16. The minimum absolute atomic E-state index is 0.310. The lowest BCUT2D eigenvalue weighted by molar-refractivity contribution is 0.0792. The van der Waals surface area contributed by atoms with Crippen LogP contribution in [-0.4, -0.2) is 44.6 Å². The highest BCUT2D eigenvalue weighted by Gasteiger charge is 2.08. The third kappa shape index (κ3) is 7.94. The molecule has 21 heavy (non-hydrogen) atoms. The summed E-state index contributed by atoms with van der Waals surface area (Å²) in [6.07, 6.45) is 2.02. The summed E-state index contributed by atoms with van der Waals surface area (Å²) in [6, 6.07) is 1.75. The molecule has 0 fully saturated rings. The predicted octanol–water partition coefficient (Wildman–Crippen LogP) is 2.15. The van der Waals surface area contributed by atoms with Gasteiger partial charge in [0.15, 0.2) is 0 Å². The normalized spacial score (nSPS) is 11.1. The summed E-state index contributed by atoms with van der Waals surface area (Å²) in [5, 5.41) is 3.22. The Morgan fingerprint density at radius 1 is 1.24 bits per heavy atom. The van der Waals surface area contributed by atoms with Crippen molar-refractivity contribution in [1.29, 1.82) is 0 Å². The lowest BCUT2D eigenvalue weighted by Crippen LogP contribution is -2.22. The Kier molecular flexibility index (Phi) is 8.89. The fraction of sp³-hybridized carbons (Fsp3) is 0.667. The van der Waals surface area contributed by atoms with E-state index in [0.29, 0.717) is 50.5 Å². The maximum Gasteiger partial charge on any atom is 0.218 e. The lowest BCUT2D eigenvalue weighted by atomic mass is 10.2. The van der Waals surface area contributed by atoms with Crippen LogP contribution in [0.15, 0.2) is 12.3 Å². The largest absolute Gasteiger partial charge is 0.475 e. The molecular weight excluding hydrogens is 275 g/mol. The van der Waals surface area contributed by atoms with E-state index in [9.17, 15) is 4.39 Å². The van der Waals surface area contributed by atoms with E-state index < -0.39 is 0 Å². The van der Waals surface area contributed by atoms with Crippen LogP contribution in [0.3, 0.4) is 0 Å². The molecule has 0 radical (unpaired) electrons. The number of nitrogens with one attached hydrogen (secondary N) is 1. The monoisotopic (exact) mass is 300 g/mol. The lowest BCUT2D eigenvalue weighted by Gasteiger charge is -2.13. The van der Waals surface area contributed by atoms with Crippen molar-refractivity contribution in [1.82, 2.24) is 10.3 Å². The molecule has 0 spiro atoms. The summed E-state index contributed by atoms with van der Waals surface area (Å²) >= 11 is 0. The maximum atomic E-state index is 13.3. The zero-order chi connectivity index (χ0) is 15.5. The Labute approximate surface area is 125 Å². The Balaban J connectivity index is 2.35. The van der Waals surface area contributed by atoms with E-state index >= 15 is 0 Å². The third-order valence-corrected chi connectivity index (χ3v) is 2.70. The van der Waals surface area contributed by atoms with Gasteiger partial charge in [0.2, 0.25) is 5.88 Å². The zero-order valence-electron chi connectivity index (χ0n) is 13.0. The number of methoxy groups -OCH3 is 1. The number of hydrogen-bond acceptors (Lipinski definition) is 5. The highest BCUT2D eigenvalue weighted by atomic mass is 19.1. The summed E-state index contributed by atoms with van der Waals surface area (Å²) in [6.45, 7) is 6.76. The smallest absolute Gasteiger partial charge is 0.218 e. The maximum absolute atomic E-state index is 13.3. The standard InChI is InChI=1S/C15H25FN2O3/c1-12(2)17-10-13-9-14(16)11-18-15(13)21-8-7-20-6-4-5-19-3/h9,11-12,17H,4-8,10H2,1-3H3. The van der Waals surface area contributed by atoms with Crippen molar-refractivity contribution in [2.45, 2.75) is 32.9 Å². The van der Waals surface area contributed by atoms with Crippen molar-refractivity contribution in [3.63, 3.8) is 0 Å². The van der Waals surface area contributed by atoms with Gasteiger partial charge in [-0.2, -0.15) is 0 Å². The first-order valence-corrected chi connectivity index (χ1v) is 7.20. The zero-order valence-corrected chi connectivity index (χ0v) is 13.0. The molecule has 0 bridgehead atoms. The molecule has 1 aromatic rings. The van der Waals surface area contributed by atoms with Gasteiger partial charge in [0.05, 0.1) is 12.8 Å². The molecule has 0 aliphatic rings. The number of rotatable bonds is 11. The first kappa shape index (κ1) is 17.8. The summed E-state index contributed by atoms with van der Waals surface area (Å²) < 4.78 is 29.1. The van der Waals surface area contributed by atoms with Crippen LogP contribution in [0.2, 0.25) is 0 Å². The van der Waals surface area contributed by atoms with Crippen molar-refractivity contribution in [3.05, 3.63) is 23.6 Å². The molecule has 5 nitrogen and oxygen atoms in total.